The molecule has 1 aromatic carbocycles. The molecule has 0 aromatic heterocycles. The largest absolute Gasteiger partial charge is 0.492 e. The van der Waals surface area contributed by atoms with E-state index in [4.69, 9.17) is 9.84 Å². The lowest BCUT2D eigenvalue weighted by molar-refractivity contribution is 0.0697. The zero-order chi connectivity index (χ0) is 15.7. The van der Waals surface area contributed by atoms with Crippen molar-refractivity contribution in [2.45, 2.75) is 13.3 Å². The van der Waals surface area contributed by atoms with E-state index in [0.717, 1.165) is 32.6 Å². The number of aromatic carboxylic acids is 1. The maximum atomic E-state index is 10.8. The van der Waals surface area contributed by atoms with E-state index in [2.05, 4.69) is 30.8 Å². The van der Waals surface area contributed by atoms with Crippen LogP contribution in [0.3, 0.4) is 0 Å². The smallest absolute Gasteiger partial charge is 0.335 e. The highest BCUT2D eigenvalue weighted by atomic mass is 16.5. The Kier molecular flexibility index (Phi) is 7.79. The average Bonchev–Trinajstić information content (AvgIpc) is 2.45. The van der Waals surface area contributed by atoms with Crippen molar-refractivity contribution in [3.8, 4) is 5.75 Å². The molecule has 1 aromatic rings. The fraction of sp³-hybridized carbons (Fsp3) is 0.562. The molecule has 0 aliphatic rings. The van der Waals surface area contributed by atoms with Gasteiger partial charge in [-0.15, -0.1) is 0 Å². The van der Waals surface area contributed by atoms with Crippen LogP contribution in [0.2, 0.25) is 0 Å². The lowest BCUT2D eigenvalue weighted by Crippen LogP contribution is -2.35. The van der Waals surface area contributed by atoms with Crippen LogP contribution in [0, 0.1) is 0 Å². The van der Waals surface area contributed by atoms with Crippen LogP contribution in [0.15, 0.2) is 24.3 Å². The third-order valence-corrected chi connectivity index (χ3v) is 3.18. The topological polar surface area (TPSA) is 53.0 Å². The minimum Gasteiger partial charge on any atom is -0.492 e. The Hall–Kier alpha value is -1.59. The molecule has 0 spiro atoms. The van der Waals surface area contributed by atoms with Crippen LogP contribution < -0.4 is 4.74 Å². The molecule has 0 saturated heterocycles. The minimum absolute atomic E-state index is 0.279. The molecular formula is C16H26N2O3. The number of benzene rings is 1. The van der Waals surface area contributed by atoms with Crippen LogP contribution in [0.4, 0.5) is 0 Å². The molecule has 21 heavy (non-hydrogen) atoms. The van der Waals surface area contributed by atoms with E-state index in [9.17, 15) is 4.79 Å². The van der Waals surface area contributed by atoms with Gasteiger partial charge in [-0.05, 0) is 51.3 Å². The van der Waals surface area contributed by atoms with Crippen LogP contribution in [-0.2, 0) is 0 Å². The summed E-state index contributed by atoms with van der Waals surface area (Å²) in [6, 6.07) is 6.53. The van der Waals surface area contributed by atoms with Crippen LogP contribution in [-0.4, -0.2) is 67.8 Å². The summed E-state index contributed by atoms with van der Waals surface area (Å²) in [5.74, 6) is -0.205. The van der Waals surface area contributed by atoms with Crippen LogP contribution in [0.5, 0.6) is 5.75 Å². The van der Waals surface area contributed by atoms with Crippen molar-refractivity contribution >= 4 is 5.97 Å². The standard InChI is InChI=1S/C16H26N2O3/c1-4-9-18(11-10-17(2)3)12-13-21-15-7-5-14(6-8-15)16(19)20/h5-8H,4,9-13H2,1-3H3,(H,19,20). The molecule has 0 amide bonds. The molecule has 1 rings (SSSR count). The highest BCUT2D eigenvalue weighted by Gasteiger charge is 2.06. The summed E-state index contributed by atoms with van der Waals surface area (Å²) in [5.41, 5.74) is 0.279. The molecule has 0 unspecified atom stereocenters. The van der Waals surface area contributed by atoms with E-state index in [1.165, 1.54) is 0 Å². The summed E-state index contributed by atoms with van der Waals surface area (Å²) in [6.45, 7) is 6.79. The van der Waals surface area contributed by atoms with E-state index >= 15 is 0 Å². The Bertz CT molecular complexity index is 418. The van der Waals surface area contributed by atoms with Gasteiger partial charge in [0, 0.05) is 19.6 Å². The summed E-state index contributed by atoms with van der Waals surface area (Å²) >= 11 is 0. The van der Waals surface area contributed by atoms with E-state index in [1.807, 2.05) is 0 Å². The van der Waals surface area contributed by atoms with Gasteiger partial charge in [-0.25, -0.2) is 4.79 Å². The van der Waals surface area contributed by atoms with Gasteiger partial charge in [0.25, 0.3) is 0 Å². The predicted molar refractivity (Wildman–Crippen MR) is 84.2 cm³/mol. The van der Waals surface area contributed by atoms with Crippen molar-refractivity contribution < 1.29 is 14.6 Å². The monoisotopic (exact) mass is 294 g/mol. The summed E-state index contributed by atoms with van der Waals surface area (Å²) in [5, 5.41) is 8.84. The molecule has 0 radical (unpaired) electrons. The maximum absolute atomic E-state index is 10.8. The Labute approximate surface area is 127 Å². The van der Waals surface area contributed by atoms with Crippen LogP contribution in [0.1, 0.15) is 23.7 Å². The van der Waals surface area contributed by atoms with Gasteiger partial charge < -0.3 is 14.7 Å². The number of hydrogen-bond acceptors (Lipinski definition) is 4. The van der Waals surface area contributed by atoms with Crippen LogP contribution >= 0.6 is 0 Å². The van der Waals surface area contributed by atoms with Crippen LogP contribution in [0.25, 0.3) is 0 Å². The van der Waals surface area contributed by atoms with Gasteiger partial charge >= 0.3 is 5.97 Å². The molecule has 0 saturated carbocycles. The third-order valence-electron chi connectivity index (χ3n) is 3.18. The fourth-order valence-corrected chi connectivity index (χ4v) is 1.98. The first-order chi connectivity index (χ1) is 10.0. The second-order valence-electron chi connectivity index (χ2n) is 5.32. The molecule has 0 fully saturated rings. The summed E-state index contributed by atoms with van der Waals surface area (Å²) in [6.07, 6.45) is 1.13. The number of likely N-dealkylation sites (N-methyl/N-ethyl adjacent to an activating group) is 1. The molecule has 5 nitrogen and oxygen atoms in total. The van der Waals surface area contributed by atoms with Gasteiger partial charge in [0.05, 0.1) is 5.56 Å². The molecular weight excluding hydrogens is 268 g/mol. The lowest BCUT2D eigenvalue weighted by Gasteiger charge is -2.23. The second kappa shape index (κ2) is 9.37. The second-order valence-corrected chi connectivity index (χ2v) is 5.32. The molecule has 0 heterocycles. The number of carboxylic acid groups (broad SMARTS) is 1. The highest BCUT2D eigenvalue weighted by molar-refractivity contribution is 5.87. The predicted octanol–water partition coefficient (Wildman–Crippen LogP) is 2.04. The molecule has 1 N–H and O–H groups in total. The Morgan fingerprint density at radius 1 is 1.10 bits per heavy atom. The first-order valence-corrected chi connectivity index (χ1v) is 7.36. The number of nitrogens with zero attached hydrogens (tertiary/aromatic N) is 2. The van der Waals surface area contributed by atoms with Crippen molar-refractivity contribution in [1.82, 2.24) is 9.80 Å². The highest BCUT2D eigenvalue weighted by Crippen LogP contribution is 2.12. The molecule has 0 bridgehead atoms. The first kappa shape index (κ1) is 17.5. The van der Waals surface area contributed by atoms with Gasteiger partial charge in [-0.1, -0.05) is 6.92 Å². The summed E-state index contributed by atoms with van der Waals surface area (Å²) in [4.78, 5) is 15.3. The molecule has 118 valence electrons. The van der Waals surface area contributed by atoms with Gasteiger partial charge in [-0.2, -0.15) is 0 Å². The number of carbonyl (C=O) groups is 1. The first-order valence-electron chi connectivity index (χ1n) is 7.36. The van der Waals surface area contributed by atoms with Gasteiger partial charge in [0.1, 0.15) is 12.4 Å². The zero-order valence-corrected chi connectivity index (χ0v) is 13.2. The Balaban J connectivity index is 2.36. The SMILES string of the molecule is CCCN(CCOc1ccc(C(=O)O)cc1)CCN(C)C. The number of rotatable bonds is 10. The summed E-state index contributed by atoms with van der Waals surface area (Å²) < 4.78 is 5.68. The van der Waals surface area contributed by atoms with Crippen molar-refractivity contribution in [2.24, 2.45) is 0 Å². The normalized spacial score (nSPS) is 11.1. The van der Waals surface area contributed by atoms with Gasteiger partial charge in [0.15, 0.2) is 0 Å². The van der Waals surface area contributed by atoms with Crippen molar-refractivity contribution in [3.05, 3.63) is 29.8 Å². The zero-order valence-electron chi connectivity index (χ0n) is 13.2. The minimum atomic E-state index is -0.917. The van der Waals surface area contributed by atoms with Crippen molar-refractivity contribution in [3.63, 3.8) is 0 Å². The lowest BCUT2D eigenvalue weighted by atomic mass is 10.2. The molecule has 0 atom stereocenters. The van der Waals surface area contributed by atoms with E-state index in [-0.39, 0.29) is 5.56 Å². The van der Waals surface area contributed by atoms with E-state index in [1.54, 1.807) is 24.3 Å². The van der Waals surface area contributed by atoms with Crippen molar-refractivity contribution in [2.75, 3.05) is 46.9 Å². The average molecular weight is 294 g/mol. The third kappa shape index (κ3) is 7.11. The Morgan fingerprint density at radius 3 is 2.29 bits per heavy atom. The van der Waals surface area contributed by atoms with Crippen molar-refractivity contribution in [1.29, 1.82) is 0 Å². The maximum Gasteiger partial charge on any atom is 0.335 e. The van der Waals surface area contributed by atoms with E-state index < -0.39 is 5.97 Å². The van der Waals surface area contributed by atoms with Gasteiger partial charge in [0.2, 0.25) is 0 Å². The number of carboxylic acids is 1. The van der Waals surface area contributed by atoms with Gasteiger partial charge in [-0.3, -0.25) is 4.90 Å². The number of hydrogen-bond donors (Lipinski definition) is 1. The molecule has 0 aliphatic heterocycles. The molecule has 0 aliphatic carbocycles. The number of ether oxygens (including phenoxy) is 1. The van der Waals surface area contributed by atoms with E-state index in [0.29, 0.717) is 12.4 Å². The molecule has 5 heteroatoms. The summed E-state index contributed by atoms with van der Waals surface area (Å²) in [7, 11) is 4.15. The quantitative estimate of drug-likeness (QED) is 0.715. The fourth-order valence-electron chi connectivity index (χ4n) is 1.98. The Morgan fingerprint density at radius 2 is 1.76 bits per heavy atom.